The average molecular weight is 537 g/mol. The normalized spacial score (nSPS) is 17.1. The molecular weight excluding hydrogens is 516 g/mol. The molecule has 1 spiro atoms. The summed E-state index contributed by atoms with van der Waals surface area (Å²) in [6.07, 6.45) is -4.72. The molecule has 1 saturated heterocycles. The van der Waals surface area contributed by atoms with Gasteiger partial charge in [0.2, 0.25) is 5.91 Å². The lowest BCUT2D eigenvalue weighted by Gasteiger charge is -2.38. The number of piperidine rings is 1. The minimum Gasteiger partial charge on any atom is -0.339 e. The molecular formula is C25H21ClF4N4O3. The molecule has 0 aliphatic carbocycles. The summed E-state index contributed by atoms with van der Waals surface area (Å²) in [7, 11) is 0. The van der Waals surface area contributed by atoms with E-state index in [1.54, 1.807) is 29.3 Å². The number of rotatable bonds is 5. The number of amides is 2. The monoisotopic (exact) mass is 536 g/mol. The molecule has 37 heavy (non-hydrogen) atoms. The zero-order chi connectivity index (χ0) is 26.5. The molecule has 3 aromatic rings. The fraction of sp³-hybridized carbons (Fsp3) is 0.360. The number of nitrogens with one attached hydrogen (secondary N) is 1. The van der Waals surface area contributed by atoms with Crippen molar-refractivity contribution < 1.29 is 31.9 Å². The number of carbonyl (C=O) groups excluding carboxylic acids is 3. The van der Waals surface area contributed by atoms with E-state index in [1.807, 2.05) is 0 Å². The minimum atomic E-state index is -4.50. The number of H-pyrrole nitrogens is 1. The Kier molecular flexibility index (Phi) is 6.21. The molecule has 3 heterocycles. The van der Waals surface area contributed by atoms with Crippen LogP contribution in [0, 0.1) is 5.82 Å². The molecule has 1 aromatic heterocycles. The maximum absolute atomic E-state index is 14.5. The predicted molar refractivity (Wildman–Crippen MR) is 127 cm³/mol. The van der Waals surface area contributed by atoms with Gasteiger partial charge in [-0.2, -0.15) is 18.3 Å². The SMILES string of the molecule is O=C(CCC(F)(F)F)CN1C(=O)C2(CCN(C(=O)c3ccc4[nH]ncc4c3)CC2)c2c1ccc(F)c2Cl. The maximum atomic E-state index is 14.5. The molecule has 12 heteroatoms. The van der Waals surface area contributed by atoms with E-state index in [1.165, 1.54) is 6.07 Å². The van der Waals surface area contributed by atoms with Crippen LogP contribution in [-0.4, -0.2) is 58.5 Å². The van der Waals surface area contributed by atoms with Gasteiger partial charge in [-0.25, -0.2) is 4.39 Å². The lowest BCUT2D eigenvalue weighted by molar-refractivity contribution is -0.142. The molecule has 1 fully saturated rings. The van der Waals surface area contributed by atoms with Crippen molar-refractivity contribution >= 4 is 45.8 Å². The Bertz CT molecular complexity index is 1410. The zero-order valence-electron chi connectivity index (χ0n) is 19.4. The molecule has 0 bridgehead atoms. The fourth-order valence-corrected chi connectivity index (χ4v) is 5.54. The first-order valence-electron chi connectivity index (χ1n) is 11.6. The first-order valence-corrected chi connectivity index (χ1v) is 12.0. The van der Waals surface area contributed by atoms with Crippen molar-refractivity contribution in [1.82, 2.24) is 15.1 Å². The topological polar surface area (TPSA) is 86.4 Å². The number of carbonyl (C=O) groups is 3. The number of halogens is 5. The second kappa shape index (κ2) is 9.13. The first-order chi connectivity index (χ1) is 17.5. The molecule has 2 aliphatic heterocycles. The highest BCUT2D eigenvalue weighted by Gasteiger charge is 2.54. The molecule has 5 rings (SSSR count). The average Bonchev–Trinajstić information content (AvgIpc) is 3.42. The number of aromatic amines is 1. The number of alkyl halides is 3. The van der Waals surface area contributed by atoms with E-state index in [2.05, 4.69) is 10.2 Å². The molecule has 194 valence electrons. The summed E-state index contributed by atoms with van der Waals surface area (Å²) in [5.74, 6) is -2.28. The summed E-state index contributed by atoms with van der Waals surface area (Å²) < 4.78 is 52.2. The molecule has 0 atom stereocenters. The van der Waals surface area contributed by atoms with Crippen LogP contribution in [0.25, 0.3) is 10.9 Å². The number of ketones is 1. The Labute approximate surface area is 213 Å². The van der Waals surface area contributed by atoms with Gasteiger partial charge in [0.1, 0.15) is 5.82 Å². The van der Waals surface area contributed by atoms with Gasteiger partial charge >= 0.3 is 6.18 Å². The summed E-state index contributed by atoms with van der Waals surface area (Å²) in [5, 5.41) is 7.27. The van der Waals surface area contributed by atoms with Gasteiger partial charge in [0.15, 0.2) is 5.78 Å². The Morgan fingerprint density at radius 1 is 1.14 bits per heavy atom. The molecule has 2 amide bonds. The number of hydrogen-bond donors (Lipinski definition) is 1. The third-order valence-electron chi connectivity index (χ3n) is 7.11. The lowest BCUT2D eigenvalue weighted by Crippen LogP contribution is -2.50. The third kappa shape index (κ3) is 4.45. The van der Waals surface area contributed by atoms with E-state index in [0.717, 1.165) is 21.9 Å². The van der Waals surface area contributed by atoms with Crippen LogP contribution in [0.5, 0.6) is 0 Å². The summed E-state index contributed by atoms with van der Waals surface area (Å²) in [6.45, 7) is -0.245. The number of Topliss-reactive ketones (excluding diaryl/α,β-unsaturated/α-hetero) is 1. The number of nitrogens with zero attached hydrogens (tertiary/aromatic N) is 3. The van der Waals surface area contributed by atoms with Crippen LogP contribution in [0.2, 0.25) is 5.02 Å². The third-order valence-corrected chi connectivity index (χ3v) is 7.48. The van der Waals surface area contributed by atoms with E-state index < -0.39 is 48.5 Å². The van der Waals surface area contributed by atoms with Crippen LogP contribution >= 0.6 is 11.6 Å². The van der Waals surface area contributed by atoms with E-state index >= 15 is 0 Å². The molecule has 7 nitrogen and oxygen atoms in total. The van der Waals surface area contributed by atoms with Crippen molar-refractivity contribution in [2.45, 2.75) is 37.3 Å². The molecule has 0 saturated carbocycles. The molecule has 0 radical (unpaired) electrons. The summed E-state index contributed by atoms with van der Waals surface area (Å²) in [5.41, 5.74) is 0.369. The number of anilines is 1. The van der Waals surface area contributed by atoms with Crippen LogP contribution in [-0.2, 0) is 15.0 Å². The number of likely N-dealkylation sites (tertiary alicyclic amines) is 1. The second-order valence-corrected chi connectivity index (χ2v) is 9.72. The van der Waals surface area contributed by atoms with Crippen LogP contribution in [0.3, 0.4) is 0 Å². The summed E-state index contributed by atoms with van der Waals surface area (Å²) >= 11 is 6.31. The fourth-order valence-electron chi connectivity index (χ4n) is 5.20. The molecule has 1 N–H and O–H groups in total. The molecule has 2 aliphatic rings. The van der Waals surface area contributed by atoms with Crippen LogP contribution in [0.1, 0.15) is 41.6 Å². The number of benzene rings is 2. The van der Waals surface area contributed by atoms with Crippen molar-refractivity contribution in [1.29, 1.82) is 0 Å². The van der Waals surface area contributed by atoms with Crippen LogP contribution in [0.15, 0.2) is 36.5 Å². The van der Waals surface area contributed by atoms with Gasteiger partial charge in [-0.3, -0.25) is 19.5 Å². The molecule has 2 aromatic carbocycles. The lowest BCUT2D eigenvalue weighted by atomic mass is 9.73. The van der Waals surface area contributed by atoms with E-state index in [-0.39, 0.29) is 48.1 Å². The largest absolute Gasteiger partial charge is 0.389 e. The van der Waals surface area contributed by atoms with Gasteiger partial charge < -0.3 is 9.80 Å². The Balaban J connectivity index is 1.39. The highest BCUT2D eigenvalue weighted by Crippen LogP contribution is 2.51. The van der Waals surface area contributed by atoms with Crippen molar-refractivity contribution in [2.75, 3.05) is 24.5 Å². The van der Waals surface area contributed by atoms with Crippen LogP contribution in [0.4, 0.5) is 23.2 Å². The van der Waals surface area contributed by atoms with E-state index in [0.29, 0.717) is 5.56 Å². The van der Waals surface area contributed by atoms with Gasteiger partial charge in [-0.1, -0.05) is 11.6 Å². The number of aromatic nitrogens is 2. The first kappa shape index (κ1) is 25.2. The standard InChI is InChI=1S/C25H21ClF4N4O3/c26-21-17(27)2-4-19-20(21)24(23(37)34(19)13-16(35)5-6-25(28,29)30)7-9-33(10-8-24)22(36)14-1-3-18-15(11-14)12-31-32-18/h1-4,11-12H,5-10,13H2,(H,31,32). The van der Waals surface area contributed by atoms with Crippen molar-refractivity contribution in [3.8, 4) is 0 Å². The highest BCUT2D eigenvalue weighted by molar-refractivity contribution is 6.33. The Hall–Kier alpha value is -3.47. The van der Waals surface area contributed by atoms with E-state index in [4.69, 9.17) is 11.6 Å². The van der Waals surface area contributed by atoms with Gasteiger partial charge in [-0.05, 0) is 43.2 Å². The second-order valence-electron chi connectivity index (χ2n) is 9.35. The van der Waals surface area contributed by atoms with E-state index in [9.17, 15) is 31.9 Å². The predicted octanol–water partition coefficient (Wildman–Crippen LogP) is 4.79. The van der Waals surface area contributed by atoms with Crippen LogP contribution < -0.4 is 4.90 Å². The zero-order valence-corrected chi connectivity index (χ0v) is 20.1. The highest BCUT2D eigenvalue weighted by atomic mass is 35.5. The van der Waals surface area contributed by atoms with Gasteiger partial charge in [-0.15, -0.1) is 0 Å². The summed E-state index contributed by atoms with van der Waals surface area (Å²) in [4.78, 5) is 41.8. The van der Waals surface area contributed by atoms with Gasteiger partial charge in [0.05, 0.1) is 40.8 Å². The van der Waals surface area contributed by atoms with Crippen molar-refractivity contribution in [2.24, 2.45) is 0 Å². The maximum Gasteiger partial charge on any atom is 0.389 e. The number of hydrogen-bond acceptors (Lipinski definition) is 4. The minimum absolute atomic E-state index is 0.120. The number of fused-ring (bicyclic) bond motifs is 3. The van der Waals surface area contributed by atoms with Crippen molar-refractivity contribution in [3.05, 3.63) is 58.5 Å². The quantitative estimate of drug-likeness (QED) is 0.475. The van der Waals surface area contributed by atoms with Gasteiger partial charge in [0, 0.05) is 36.0 Å². The molecule has 0 unspecified atom stereocenters. The Morgan fingerprint density at radius 3 is 2.57 bits per heavy atom. The summed E-state index contributed by atoms with van der Waals surface area (Å²) in [6, 6.07) is 7.50. The smallest absolute Gasteiger partial charge is 0.339 e. The Morgan fingerprint density at radius 2 is 1.86 bits per heavy atom. The van der Waals surface area contributed by atoms with Crippen molar-refractivity contribution in [3.63, 3.8) is 0 Å². The van der Waals surface area contributed by atoms with Gasteiger partial charge in [0.25, 0.3) is 5.91 Å².